The molecule has 3 N–H and O–H groups in total. The van der Waals surface area contributed by atoms with Gasteiger partial charge in [-0.25, -0.2) is 4.98 Å². The van der Waals surface area contributed by atoms with E-state index in [9.17, 15) is 14.7 Å². The summed E-state index contributed by atoms with van der Waals surface area (Å²) in [6.07, 6.45) is 4.93. The molecule has 2 aromatic carbocycles. The highest BCUT2D eigenvalue weighted by Gasteiger charge is 2.35. The van der Waals surface area contributed by atoms with Crippen molar-refractivity contribution < 1.29 is 19.4 Å². The van der Waals surface area contributed by atoms with Crippen LogP contribution < -0.4 is 15.4 Å². The molecule has 0 radical (unpaired) electrons. The van der Waals surface area contributed by atoms with E-state index in [2.05, 4.69) is 15.6 Å². The Morgan fingerprint density at radius 3 is 2.80 bits per heavy atom. The maximum atomic E-state index is 14.0. The molecule has 6 rings (SSSR count). The van der Waals surface area contributed by atoms with Gasteiger partial charge in [0.15, 0.2) is 0 Å². The Morgan fingerprint density at radius 1 is 1.20 bits per heavy atom. The number of benzene rings is 2. The van der Waals surface area contributed by atoms with Crippen LogP contribution in [0.25, 0.3) is 0 Å². The van der Waals surface area contributed by atoms with Gasteiger partial charge in [-0.2, -0.15) is 0 Å². The summed E-state index contributed by atoms with van der Waals surface area (Å²) in [5, 5.41) is 20.9. The molecule has 3 aliphatic heterocycles. The molecule has 0 unspecified atom stereocenters. The number of hydrogen-bond donors (Lipinski definition) is 3. The lowest BCUT2D eigenvalue weighted by Crippen LogP contribution is -2.52. The third kappa shape index (κ3) is 6.03. The number of aliphatic hydroxyl groups is 1. The summed E-state index contributed by atoms with van der Waals surface area (Å²) in [6, 6.07) is 12.8. The molecule has 216 valence electrons. The number of ether oxygens (including phenoxy) is 1. The predicted octanol–water partition coefficient (Wildman–Crippen LogP) is 4.21. The van der Waals surface area contributed by atoms with Crippen LogP contribution in [0.15, 0.2) is 47.8 Å². The summed E-state index contributed by atoms with van der Waals surface area (Å²) in [5.41, 5.74) is 3.74. The van der Waals surface area contributed by atoms with Gasteiger partial charge in [-0.3, -0.25) is 9.59 Å². The van der Waals surface area contributed by atoms with E-state index in [-0.39, 0.29) is 23.9 Å². The minimum atomic E-state index is -0.745. The van der Waals surface area contributed by atoms with E-state index < -0.39 is 12.1 Å². The molecular weight excluding hydrogens is 536 g/mol. The maximum absolute atomic E-state index is 14.0. The van der Waals surface area contributed by atoms with Gasteiger partial charge in [-0.1, -0.05) is 30.3 Å². The molecule has 0 bridgehead atoms. The molecular formula is C32H38N4O4S. The topological polar surface area (TPSA) is 104 Å². The lowest BCUT2D eigenvalue weighted by Gasteiger charge is -2.30. The molecule has 0 spiro atoms. The molecule has 0 aliphatic carbocycles. The SMILES string of the molecule is Cc1csc([C@H]2CCCN2C(=O)c2cc3c(c(C(=O)N[C@@H](Cc4ccccc4)[C@H](O)[C@@H]4CCCN4)c2)CCCO3)n1. The highest BCUT2D eigenvalue weighted by atomic mass is 32.1. The highest BCUT2D eigenvalue weighted by molar-refractivity contribution is 7.09. The first-order valence-electron chi connectivity index (χ1n) is 14.8. The van der Waals surface area contributed by atoms with Gasteiger partial charge < -0.3 is 25.4 Å². The highest BCUT2D eigenvalue weighted by Crippen LogP contribution is 2.37. The smallest absolute Gasteiger partial charge is 0.254 e. The monoisotopic (exact) mass is 574 g/mol. The number of carbonyl (C=O) groups excluding carboxylic acids is 2. The number of amides is 2. The van der Waals surface area contributed by atoms with Crippen molar-refractivity contribution in [3.05, 3.63) is 80.8 Å². The van der Waals surface area contributed by atoms with Crippen molar-refractivity contribution >= 4 is 23.2 Å². The van der Waals surface area contributed by atoms with Gasteiger partial charge >= 0.3 is 0 Å². The van der Waals surface area contributed by atoms with E-state index in [0.29, 0.717) is 42.9 Å². The number of rotatable bonds is 8. The molecule has 9 heteroatoms. The fourth-order valence-electron chi connectivity index (χ4n) is 6.40. The van der Waals surface area contributed by atoms with Crippen molar-refractivity contribution in [2.24, 2.45) is 0 Å². The van der Waals surface area contributed by atoms with Gasteiger partial charge in [-0.15, -0.1) is 11.3 Å². The van der Waals surface area contributed by atoms with Crippen molar-refractivity contribution in [3.8, 4) is 5.75 Å². The zero-order chi connectivity index (χ0) is 28.3. The van der Waals surface area contributed by atoms with Crippen molar-refractivity contribution in [1.82, 2.24) is 20.5 Å². The van der Waals surface area contributed by atoms with E-state index >= 15 is 0 Å². The van der Waals surface area contributed by atoms with Gasteiger partial charge in [-0.05, 0) is 76.1 Å². The summed E-state index contributed by atoms with van der Waals surface area (Å²) < 4.78 is 5.99. The average molecular weight is 575 g/mol. The number of nitrogens with zero attached hydrogens (tertiary/aromatic N) is 2. The second kappa shape index (κ2) is 12.3. The fraction of sp³-hybridized carbons (Fsp3) is 0.469. The number of fused-ring (bicyclic) bond motifs is 1. The minimum Gasteiger partial charge on any atom is -0.493 e. The van der Waals surface area contributed by atoms with Gasteiger partial charge in [0.25, 0.3) is 11.8 Å². The first kappa shape index (κ1) is 27.9. The largest absolute Gasteiger partial charge is 0.493 e. The molecule has 8 nitrogen and oxygen atoms in total. The standard InChI is InChI=1S/C32H38N4O4S/c1-20-19-41-31(34-20)27-12-6-14-36(27)32(39)22-17-24(23-10-7-15-40-28(23)18-22)30(38)35-26(16-21-8-3-2-4-9-21)29(37)25-11-5-13-33-25/h2-4,8-9,17-19,25-27,29,33,37H,5-7,10-16H2,1H3,(H,35,38)/t25-,26-,27+,29+/m0/s1. The number of aryl methyl sites for hydroxylation is 1. The van der Waals surface area contributed by atoms with Crippen molar-refractivity contribution in [2.75, 3.05) is 19.7 Å². The summed E-state index contributed by atoms with van der Waals surface area (Å²) in [5.74, 6) is 0.209. The van der Waals surface area contributed by atoms with Crippen LogP contribution >= 0.6 is 11.3 Å². The molecule has 2 saturated heterocycles. The van der Waals surface area contributed by atoms with Crippen LogP contribution in [0.2, 0.25) is 0 Å². The maximum Gasteiger partial charge on any atom is 0.254 e. The Balaban J connectivity index is 1.29. The van der Waals surface area contributed by atoms with E-state index in [1.54, 1.807) is 23.5 Å². The number of nitrogens with one attached hydrogen (secondary N) is 2. The Hall–Kier alpha value is -3.27. The second-order valence-electron chi connectivity index (χ2n) is 11.4. The summed E-state index contributed by atoms with van der Waals surface area (Å²) in [7, 11) is 0. The van der Waals surface area contributed by atoms with Gasteiger partial charge in [0.1, 0.15) is 10.8 Å². The quantitative estimate of drug-likeness (QED) is 0.373. The predicted molar refractivity (Wildman–Crippen MR) is 159 cm³/mol. The summed E-state index contributed by atoms with van der Waals surface area (Å²) >= 11 is 1.59. The Labute approximate surface area is 245 Å². The Bertz CT molecular complexity index is 1390. The molecule has 3 aromatic rings. The number of likely N-dealkylation sites (tertiary alicyclic amines) is 1. The molecule has 3 aliphatic rings. The molecule has 4 atom stereocenters. The van der Waals surface area contributed by atoms with Crippen LogP contribution in [0.3, 0.4) is 0 Å². The number of thiazole rings is 1. The van der Waals surface area contributed by atoms with Crippen molar-refractivity contribution in [2.45, 2.75) is 76.1 Å². The fourth-order valence-corrected chi connectivity index (χ4v) is 7.34. The zero-order valence-corrected chi connectivity index (χ0v) is 24.3. The van der Waals surface area contributed by atoms with E-state index in [1.165, 1.54) is 0 Å². The van der Waals surface area contributed by atoms with E-state index in [1.807, 2.05) is 47.5 Å². The van der Waals surface area contributed by atoms with Crippen LogP contribution in [0.1, 0.15) is 80.7 Å². The van der Waals surface area contributed by atoms with Crippen LogP contribution in [-0.2, 0) is 12.8 Å². The normalized spacial score (nSPS) is 21.7. The molecule has 4 heterocycles. The van der Waals surface area contributed by atoms with Crippen LogP contribution in [-0.4, -0.2) is 64.7 Å². The molecule has 2 amide bonds. The first-order chi connectivity index (χ1) is 20.0. The first-order valence-corrected chi connectivity index (χ1v) is 15.6. The second-order valence-corrected chi connectivity index (χ2v) is 12.3. The average Bonchev–Trinajstić information content (AvgIpc) is 3.78. The lowest BCUT2D eigenvalue weighted by atomic mass is 9.93. The van der Waals surface area contributed by atoms with Crippen LogP contribution in [0, 0.1) is 6.92 Å². The molecule has 2 fully saturated rings. The third-order valence-corrected chi connectivity index (χ3v) is 9.57. The van der Waals surface area contributed by atoms with E-state index in [4.69, 9.17) is 4.74 Å². The van der Waals surface area contributed by atoms with Gasteiger partial charge in [0, 0.05) is 40.4 Å². The Kier molecular flexibility index (Phi) is 8.37. The molecule has 1 aromatic heterocycles. The Morgan fingerprint density at radius 2 is 2.05 bits per heavy atom. The number of carbonyl (C=O) groups is 2. The minimum absolute atomic E-state index is 0.0558. The third-order valence-electron chi connectivity index (χ3n) is 8.50. The van der Waals surface area contributed by atoms with Gasteiger partial charge in [0.05, 0.1) is 24.8 Å². The number of aromatic nitrogens is 1. The molecule has 0 saturated carbocycles. The lowest BCUT2D eigenvalue weighted by molar-refractivity contribution is 0.0731. The molecule has 41 heavy (non-hydrogen) atoms. The summed E-state index contributed by atoms with van der Waals surface area (Å²) in [4.78, 5) is 34.4. The summed E-state index contributed by atoms with van der Waals surface area (Å²) in [6.45, 7) is 4.04. The van der Waals surface area contributed by atoms with Crippen molar-refractivity contribution in [3.63, 3.8) is 0 Å². The number of hydrogen-bond acceptors (Lipinski definition) is 7. The van der Waals surface area contributed by atoms with Gasteiger partial charge in [0.2, 0.25) is 0 Å². The van der Waals surface area contributed by atoms with Crippen molar-refractivity contribution in [1.29, 1.82) is 0 Å². The number of aliphatic hydroxyl groups excluding tert-OH is 1. The van der Waals surface area contributed by atoms with Crippen LogP contribution in [0.4, 0.5) is 0 Å². The van der Waals surface area contributed by atoms with Crippen LogP contribution in [0.5, 0.6) is 5.75 Å². The zero-order valence-electron chi connectivity index (χ0n) is 23.5. The van der Waals surface area contributed by atoms with E-state index in [0.717, 1.165) is 60.5 Å².